The van der Waals surface area contributed by atoms with Crippen molar-refractivity contribution >= 4 is 39.5 Å². The smallest absolute Gasteiger partial charge is 0.316 e. The van der Waals surface area contributed by atoms with Crippen LogP contribution in [0.4, 0.5) is 0 Å². The Kier molecular flexibility index (Phi) is 5.92. The van der Waals surface area contributed by atoms with Gasteiger partial charge in [-0.25, -0.2) is 0 Å². The van der Waals surface area contributed by atoms with Crippen molar-refractivity contribution in [1.29, 1.82) is 0 Å². The normalized spacial score (nSPS) is 11.8. The number of hydrogen-bond acceptors (Lipinski definition) is 2. The lowest BCUT2D eigenvalue weighted by molar-refractivity contribution is -0.133. The number of halogens is 2. The van der Waals surface area contributed by atoms with E-state index in [0.29, 0.717) is 16.5 Å². The molecule has 0 aliphatic heterocycles. The molecule has 0 spiro atoms. The molecular formula is C21H18Cl2O2S. The first-order chi connectivity index (χ1) is 12.6. The molecule has 0 saturated heterocycles. The van der Waals surface area contributed by atoms with Crippen LogP contribution in [0.3, 0.4) is 0 Å². The summed E-state index contributed by atoms with van der Waals surface area (Å²) in [5, 5.41) is 1.26. The van der Waals surface area contributed by atoms with E-state index < -0.39 is 10.3 Å². The first kappa shape index (κ1) is 18.8. The third kappa shape index (κ3) is 3.75. The summed E-state index contributed by atoms with van der Waals surface area (Å²) in [5.74, 6) is -0.256. The van der Waals surface area contributed by atoms with Gasteiger partial charge in [-0.3, -0.25) is 4.79 Å². The first-order valence-corrected chi connectivity index (χ1v) is 10.5. The summed E-state index contributed by atoms with van der Waals surface area (Å²) >= 11 is 12.2. The van der Waals surface area contributed by atoms with E-state index in [1.165, 1.54) is 0 Å². The first-order valence-electron chi connectivity index (χ1n) is 8.18. The number of benzene rings is 3. The zero-order valence-corrected chi connectivity index (χ0v) is 16.5. The van der Waals surface area contributed by atoms with Gasteiger partial charge in [-0.2, -0.15) is 0 Å². The molecule has 3 aromatic rings. The van der Waals surface area contributed by atoms with Gasteiger partial charge in [0.15, 0.2) is 0 Å². The summed E-state index contributed by atoms with van der Waals surface area (Å²) in [6, 6.07) is 24.8. The Bertz CT molecular complexity index is 833. The van der Waals surface area contributed by atoms with E-state index in [-0.39, 0.29) is 5.97 Å². The van der Waals surface area contributed by atoms with Gasteiger partial charge in [0, 0.05) is 31.2 Å². The van der Waals surface area contributed by atoms with E-state index >= 15 is 0 Å². The van der Waals surface area contributed by atoms with Crippen LogP contribution >= 0.6 is 33.5 Å². The Balaban J connectivity index is 2.31. The quantitative estimate of drug-likeness (QED) is 0.451. The Labute approximate surface area is 165 Å². The van der Waals surface area contributed by atoms with Crippen molar-refractivity contribution in [3.8, 4) is 0 Å². The Morgan fingerprint density at radius 3 is 1.62 bits per heavy atom. The van der Waals surface area contributed by atoms with Crippen molar-refractivity contribution in [2.45, 2.75) is 28.0 Å². The Morgan fingerprint density at radius 1 is 0.769 bits per heavy atom. The summed E-state index contributed by atoms with van der Waals surface area (Å²) in [4.78, 5) is 15.2. The molecule has 0 amide bonds. The Hall–Kier alpha value is -1.94. The molecule has 0 fully saturated rings. The van der Waals surface area contributed by atoms with Gasteiger partial charge in [0.05, 0.1) is 0 Å². The van der Waals surface area contributed by atoms with Crippen molar-refractivity contribution in [2.75, 3.05) is 0 Å². The molecule has 2 nitrogen and oxygen atoms in total. The maximum absolute atomic E-state index is 12.4. The van der Waals surface area contributed by atoms with E-state index in [0.717, 1.165) is 14.7 Å². The maximum Gasteiger partial charge on any atom is 0.316 e. The van der Waals surface area contributed by atoms with Crippen LogP contribution in [-0.4, -0.2) is 5.97 Å². The topological polar surface area (TPSA) is 26.3 Å². The molecule has 0 aliphatic rings. The minimum Gasteiger partial charge on any atom is -0.402 e. The average molecular weight is 405 g/mol. The number of carbonyl (C=O) groups excluding carboxylic acids is 1. The average Bonchev–Trinajstić information content (AvgIpc) is 2.68. The molecule has 0 radical (unpaired) electrons. The molecule has 0 aliphatic carbocycles. The molecule has 134 valence electrons. The summed E-state index contributed by atoms with van der Waals surface area (Å²) in [6.07, 6.45) is 0.294. The SMILES string of the molecule is CCC(=O)OS(c1ccccc1)(c1ccc(Cl)cc1)c1ccc(Cl)cc1. The summed E-state index contributed by atoms with van der Waals surface area (Å²) < 4.78 is 6.18. The van der Waals surface area contributed by atoms with Crippen molar-refractivity contribution in [1.82, 2.24) is 0 Å². The van der Waals surface area contributed by atoms with Crippen molar-refractivity contribution in [2.24, 2.45) is 0 Å². The van der Waals surface area contributed by atoms with Crippen LogP contribution in [0, 0.1) is 0 Å². The van der Waals surface area contributed by atoms with E-state index in [2.05, 4.69) is 0 Å². The molecule has 0 saturated carbocycles. The molecule has 0 bridgehead atoms. The van der Waals surface area contributed by atoms with Crippen molar-refractivity contribution in [3.63, 3.8) is 0 Å². The number of rotatable bonds is 5. The summed E-state index contributed by atoms with van der Waals surface area (Å²) in [6.45, 7) is 1.79. The zero-order valence-electron chi connectivity index (χ0n) is 14.2. The molecule has 0 atom stereocenters. The minimum absolute atomic E-state index is 0.256. The van der Waals surface area contributed by atoms with Gasteiger partial charge in [0.1, 0.15) is 0 Å². The number of carbonyl (C=O) groups is 1. The predicted molar refractivity (Wildman–Crippen MR) is 108 cm³/mol. The molecule has 0 aromatic heterocycles. The fourth-order valence-corrected chi connectivity index (χ4v) is 5.95. The second-order valence-electron chi connectivity index (χ2n) is 5.59. The van der Waals surface area contributed by atoms with Crippen LogP contribution in [0.15, 0.2) is 93.5 Å². The second kappa shape index (κ2) is 8.17. The van der Waals surface area contributed by atoms with Crippen molar-refractivity contribution < 1.29 is 8.98 Å². The van der Waals surface area contributed by atoms with E-state index in [9.17, 15) is 4.79 Å². The highest BCUT2D eigenvalue weighted by Crippen LogP contribution is 2.69. The highest BCUT2D eigenvalue weighted by molar-refractivity contribution is 8.30. The highest BCUT2D eigenvalue weighted by Gasteiger charge is 2.35. The van der Waals surface area contributed by atoms with E-state index in [4.69, 9.17) is 27.4 Å². The van der Waals surface area contributed by atoms with Gasteiger partial charge in [-0.1, -0.05) is 48.3 Å². The predicted octanol–water partition coefficient (Wildman–Crippen LogP) is 7.14. The molecule has 0 unspecified atom stereocenters. The molecule has 3 aromatic carbocycles. The fourth-order valence-electron chi connectivity index (χ4n) is 2.62. The zero-order chi connectivity index (χ0) is 18.6. The van der Waals surface area contributed by atoms with Gasteiger partial charge >= 0.3 is 5.97 Å². The molecule has 0 N–H and O–H groups in total. The van der Waals surface area contributed by atoms with Crippen LogP contribution in [0.5, 0.6) is 0 Å². The lowest BCUT2D eigenvalue weighted by Crippen LogP contribution is -2.12. The molecule has 26 heavy (non-hydrogen) atoms. The van der Waals surface area contributed by atoms with Gasteiger partial charge in [-0.15, -0.1) is 0 Å². The lowest BCUT2D eigenvalue weighted by Gasteiger charge is -2.39. The van der Waals surface area contributed by atoms with Gasteiger partial charge in [-0.05, 0) is 71.0 Å². The third-order valence-corrected chi connectivity index (χ3v) is 7.62. The van der Waals surface area contributed by atoms with Gasteiger partial charge < -0.3 is 4.18 Å². The molecule has 3 rings (SSSR count). The van der Waals surface area contributed by atoms with Crippen LogP contribution in [0.25, 0.3) is 0 Å². The summed E-state index contributed by atoms with van der Waals surface area (Å²) in [5.41, 5.74) is 0. The Morgan fingerprint density at radius 2 is 1.19 bits per heavy atom. The third-order valence-electron chi connectivity index (χ3n) is 3.87. The molecular weight excluding hydrogens is 387 g/mol. The van der Waals surface area contributed by atoms with Crippen LogP contribution in [0.1, 0.15) is 13.3 Å². The van der Waals surface area contributed by atoms with E-state index in [1.807, 2.05) is 78.9 Å². The lowest BCUT2D eigenvalue weighted by atomic mass is 10.3. The molecule has 5 heteroatoms. The van der Waals surface area contributed by atoms with E-state index in [1.54, 1.807) is 6.92 Å². The van der Waals surface area contributed by atoms with Gasteiger partial charge in [0.2, 0.25) is 0 Å². The van der Waals surface area contributed by atoms with Crippen LogP contribution in [0.2, 0.25) is 10.0 Å². The van der Waals surface area contributed by atoms with Crippen LogP contribution in [-0.2, 0) is 8.98 Å². The maximum atomic E-state index is 12.4. The highest BCUT2D eigenvalue weighted by atomic mass is 35.5. The second-order valence-corrected chi connectivity index (χ2v) is 9.15. The largest absolute Gasteiger partial charge is 0.402 e. The minimum atomic E-state index is -2.24. The molecule has 0 heterocycles. The standard InChI is InChI=1S/C21H18Cl2O2S/c1-2-21(24)25-26(18-6-4-3-5-7-18,19-12-8-16(22)9-13-19)20-14-10-17(23)11-15-20/h3-15H,2H2,1H3. The fraction of sp³-hybridized carbons (Fsp3) is 0.0952. The van der Waals surface area contributed by atoms with Gasteiger partial charge in [0.25, 0.3) is 0 Å². The van der Waals surface area contributed by atoms with Crippen molar-refractivity contribution in [3.05, 3.63) is 88.9 Å². The number of hydrogen-bond donors (Lipinski definition) is 0. The van der Waals surface area contributed by atoms with Crippen LogP contribution < -0.4 is 0 Å². The monoisotopic (exact) mass is 404 g/mol. The summed E-state index contributed by atoms with van der Waals surface area (Å²) in [7, 11) is -2.24.